The van der Waals surface area contributed by atoms with Crippen molar-refractivity contribution in [3.05, 3.63) is 98.5 Å². The molecule has 2 aromatic heterocycles. The molecule has 2 N–H and O–H groups in total. The first-order chi connectivity index (χ1) is 14.9. The lowest BCUT2D eigenvalue weighted by molar-refractivity contribution is 0.466. The topological polar surface area (TPSA) is 83.8 Å². The van der Waals surface area contributed by atoms with Gasteiger partial charge in [-0.05, 0) is 41.8 Å². The summed E-state index contributed by atoms with van der Waals surface area (Å²) in [5.41, 5.74) is 1.05. The fraction of sp³-hybridized carbons (Fsp3) is 0.136. The van der Waals surface area contributed by atoms with Gasteiger partial charge in [-0.2, -0.15) is 5.10 Å². The number of aromatic hydroxyl groups is 1. The molecular formula is C22H17BrF2N4O2. The number of nitrogens with one attached hydrogen (secondary N) is 1. The minimum Gasteiger partial charge on any atom is -0.503 e. The zero-order valence-electron chi connectivity index (χ0n) is 16.1. The van der Waals surface area contributed by atoms with Crippen LogP contribution in [0, 0.1) is 11.6 Å². The van der Waals surface area contributed by atoms with Crippen molar-refractivity contribution in [2.24, 2.45) is 0 Å². The van der Waals surface area contributed by atoms with Gasteiger partial charge in [-0.15, -0.1) is 0 Å². The molecule has 158 valence electrons. The summed E-state index contributed by atoms with van der Waals surface area (Å²) in [5.74, 6) is -1.10. The summed E-state index contributed by atoms with van der Waals surface area (Å²) >= 11 is 3.42. The van der Waals surface area contributed by atoms with Crippen LogP contribution in [0.3, 0.4) is 0 Å². The molecule has 0 aliphatic carbocycles. The number of aromatic amines is 1. The average molecular weight is 487 g/mol. The van der Waals surface area contributed by atoms with Gasteiger partial charge in [-0.3, -0.25) is 9.89 Å². The zero-order chi connectivity index (χ0) is 22.0. The number of imidazole rings is 1. The van der Waals surface area contributed by atoms with E-state index in [-0.39, 0.29) is 23.2 Å². The van der Waals surface area contributed by atoms with Gasteiger partial charge in [-0.1, -0.05) is 34.1 Å². The van der Waals surface area contributed by atoms with Gasteiger partial charge in [0, 0.05) is 29.3 Å². The van der Waals surface area contributed by atoms with Crippen molar-refractivity contribution in [3.63, 3.8) is 0 Å². The predicted molar refractivity (Wildman–Crippen MR) is 115 cm³/mol. The van der Waals surface area contributed by atoms with Crippen LogP contribution in [0.25, 0.3) is 11.5 Å². The third-order valence-electron chi connectivity index (χ3n) is 5.02. The maximum Gasteiger partial charge on any atom is 0.242 e. The van der Waals surface area contributed by atoms with Crippen LogP contribution in [0.2, 0.25) is 0 Å². The fourth-order valence-electron chi connectivity index (χ4n) is 3.54. The smallest absolute Gasteiger partial charge is 0.242 e. The van der Waals surface area contributed by atoms with Gasteiger partial charge in [0.2, 0.25) is 5.43 Å². The Kier molecular flexibility index (Phi) is 5.94. The van der Waals surface area contributed by atoms with Crippen molar-refractivity contribution in [2.45, 2.75) is 18.9 Å². The van der Waals surface area contributed by atoms with E-state index < -0.39 is 11.2 Å². The van der Waals surface area contributed by atoms with Crippen LogP contribution in [0.15, 0.2) is 70.3 Å². The highest BCUT2D eigenvalue weighted by Gasteiger charge is 2.20. The molecule has 4 rings (SSSR count). The molecule has 4 aromatic rings. The highest BCUT2D eigenvalue weighted by atomic mass is 79.9. The summed E-state index contributed by atoms with van der Waals surface area (Å²) in [6.07, 6.45) is 4.76. The number of H-pyrrole nitrogens is 1. The van der Waals surface area contributed by atoms with Crippen molar-refractivity contribution < 1.29 is 13.9 Å². The van der Waals surface area contributed by atoms with Gasteiger partial charge in [0.1, 0.15) is 17.3 Å². The Balaban J connectivity index is 1.69. The number of rotatable bonds is 6. The monoisotopic (exact) mass is 486 g/mol. The number of halogens is 3. The maximum absolute atomic E-state index is 13.9. The van der Waals surface area contributed by atoms with Gasteiger partial charge in [0.05, 0.1) is 6.20 Å². The molecule has 1 atom stereocenters. The normalized spacial score (nSPS) is 12.1. The molecule has 0 fully saturated rings. The average Bonchev–Trinajstić information content (AvgIpc) is 3.20. The quantitative estimate of drug-likeness (QED) is 0.417. The molecule has 0 spiro atoms. The van der Waals surface area contributed by atoms with Crippen LogP contribution in [0.4, 0.5) is 8.78 Å². The molecule has 0 aliphatic rings. The van der Waals surface area contributed by atoms with Gasteiger partial charge in [0.25, 0.3) is 0 Å². The van der Waals surface area contributed by atoms with Crippen LogP contribution in [-0.2, 0) is 6.54 Å². The molecule has 1 unspecified atom stereocenters. The third-order valence-corrected chi connectivity index (χ3v) is 5.70. The highest BCUT2D eigenvalue weighted by molar-refractivity contribution is 9.10. The lowest BCUT2D eigenvalue weighted by atomic mass is 9.88. The SMILES string of the molecule is O=c1cn[nH]c(-c2nccn2CCC(c2cccc(F)c2)c2ccc(F)cc2Br)c1O. The van der Waals surface area contributed by atoms with E-state index >= 15 is 0 Å². The summed E-state index contributed by atoms with van der Waals surface area (Å²) < 4.78 is 29.9. The molecule has 0 saturated carbocycles. The summed E-state index contributed by atoms with van der Waals surface area (Å²) in [4.78, 5) is 16.0. The number of hydrogen-bond donors (Lipinski definition) is 2. The molecule has 6 nitrogen and oxygen atoms in total. The second-order valence-electron chi connectivity index (χ2n) is 6.96. The number of hydrogen-bond acceptors (Lipinski definition) is 4. The third kappa shape index (κ3) is 4.41. The minimum absolute atomic E-state index is 0.114. The van der Waals surface area contributed by atoms with Crippen LogP contribution in [0.5, 0.6) is 5.75 Å². The van der Waals surface area contributed by atoms with Gasteiger partial charge < -0.3 is 9.67 Å². The Hall–Kier alpha value is -3.33. The molecule has 2 aromatic carbocycles. The highest BCUT2D eigenvalue weighted by Crippen LogP contribution is 2.35. The van der Waals surface area contributed by atoms with Crippen molar-refractivity contribution >= 4 is 15.9 Å². The van der Waals surface area contributed by atoms with E-state index in [9.17, 15) is 18.7 Å². The molecule has 0 aliphatic heterocycles. The number of benzene rings is 2. The molecule has 0 saturated heterocycles. The van der Waals surface area contributed by atoms with E-state index in [1.807, 2.05) is 6.07 Å². The molecular weight excluding hydrogens is 470 g/mol. The minimum atomic E-state index is -0.615. The fourth-order valence-corrected chi connectivity index (χ4v) is 4.17. The first-order valence-electron chi connectivity index (χ1n) is 9.42. The van der Waals surface area contributed by atoms with Crippen molar-refractivity contribution in [3.8, 4) is 17.3 Å². The predicted octanol–water partition coefficient (Wildman–Crippen LogP) is 4.60. The Bertz CT molecular complexity index is 1290. The summed E-state index contributed by atoms with van der Waals surface area (Å²) in [5, 5.41) is 16.4. The van der Waals surface area contributed by atoms with Gasteiger partial charge in [0.15, 0.2) is 11.6 Å². The largest absolute Gasteiger partial charge is 0.503 e. The van der Waals surface area contributed by atoms with Crippen LogP contribution >= 0.6 is 15.9 Å². The maximum atomic E-state index is 13.9. The Labute approximate surface area is 184 Å². The molecule has 0 bridgehead atoms. The first-order valence-corrected chi connectivity index (χ1v) is 10.2. The van der Waals surface area contributed by atoms with E-state index in [4.69, 9.17) is 0 Å². The second-order valence-corrected chi connectivity index (χ2v) is 7.82. The lowest BCUT2D eigenvalue weighted by Crippen LogP contribution is -2.11. The van der Waals surface area contributed by atoms with E-state index in [1.165, 1.54) is 24.3 Å². The lowest BCUT2D eigenvalue weighted by Gasteiger charge is -2.20. The van der Waals surface area contributed by atoms with Crippen LogP contribution in [-0.4, -0.2) is 24.9 Å². The van der Waals surface area contributed by atoms with Crippen molar-refractivity contribution in [1.29, 1.82) is 0 Å². The number of aromatic nitrogens is 4. The van der Waals surface area contributed by atoms with Crippen molar-refractivity contribution in [1.82, 2.24) is 19.7 Å². The van der Waals surface area contributed by atoms with E-state index in [0.29, 0.717) is 23.3 Å². The van der Waals surface area contributed by atoms with Crippen LogP contribution in [0.1, 0.15) is 23.5 Å². The van der Waals surface area contributed by atoms with Gasteiger partial charge >= 0.3 is 0 Å². The molecule has 2 heterocycles. The first kappa shape index (κ1) is 20.9. The Morgan fingerprint density at radius 3 is 2.74 bits per heavy atom. The van der Waals surface area contributed by atoms with E-state index in [0.717, 1.165) is 17.3 Å². The molecule has 0 amide bonds. The van der Waals surface area contributed by atoms with E-state index in [1.54, 1.807) is 29.1 Å². The Morgan fingerprint density at radius 2 is 1.97 bits per heavy atom. The number of nitrogens with zero attached hydrogens (tertiary/aromatic N) is 3. The molecule has 31 heavy (non-hydrogen) atoms. The summed E-state index contributed by atoms with van der Waals surface area (Å²) in [6, 6.07) is 10.7. The standard InChI is InChI=1S/C22H17BrF2N4O2/c23-18-11-15(25)4-5-17(18)16(13-2-1-3-14(24)10-13)6-8-29-9-7-26-22(29)20-21(31)19(30)12-27-28-20/h1-5,7,9-12,16H,6,8H2,(H,27,31)(H,28,30). The zero-order valence-corrected chi connectivity index (χ0v) is 17.7. The second kappa shape index (κ2) is 8.81. The molecule has 0 radical (unpaired) electrons. The van der Waals surface area contributed by atoms with E-state index in [2.05, 4.69) is 31.1 Å². The number of aryl methyl sites for hydroxylation is 1. The van der Waals surface area contributed by atoms with Crippen molar-refractivity contribution in [2.75, 3.05) is 0 Å². The van der Waals surface area contributed by atoms with Gasteiger partial charge in [-0.25, -0.2) is 13.8 Å². The summed E-state index contributed by atoms with van der Waals surface area (Å²) in [6.45, 7) is 0.427. The Morgan fingerprint density at radius 1 is 1.16 bits per heavy atom. The van der Waals surface area contributed by atoms with Crippen LogP contribution < -0.4 is 5.43 Å². The molecule has 9 heteroatoms. The summed E-state index contributed by atoms with van der Waals surface area (Å²) in [7, 11) is 0.